The number of ketones is 1. The number of hydrogen-bond donors (Lipinski definition) is 3. The summed E-state index contributed by atoms with van der Waals surface area (Å²) in [4.78, 5) is 23.8. The fourth-order valence-corrected chi connectivity index (χ4v) is 3.04. The highest BCUT2D eigenvalue weighted by Gasteiger charge is 2.19. The van der Waals surface area contributed by atoms with Gasteiger partial charge in [-0.1, -0.05) is 0 Å². The molecule has 0 heterocycles. The van der Waals surface area contributed by atoms with Gasteiger partial charge in [-0.3, -0.25) is 4.79 Å². The Morgan fingerprint density at radius 2 is 1.81 bits per heavy atom. The van der Waals surface area contributed by atoms with Gasteiger partial charge < -0.3 is 25.2 Å². The van der Waals surface area contributed by atoms with Gasteiger partial charge in [0.1, 0.15) is 11.5 Å². The number of fused-ring (bicyclic) bond motifs is 1. The van der Waals surface area contributed by atoms with Crippen molar-refractivity contribution >= 4 is 17.5 Å². The molecule has 0 bridgehead atoms. The lowest BCUT2D eigenvalue weighted by Gasteiger charge is -2.15. The normalized spacial score (nSPS) is 13.7. The quantitative estimate of drug-likeness (QED) is 0.726. The molecule has 1 aliphatic rings. The molecule has 0 saturated heterocycles. The Morgan fingerprint density at radius 3 is 2.48 bits per heavy atom. The molecule has 3 N–H and O–H groups in total. The second-order valence-corrected chi connectivity index (χ2v) is 6.29. The predicted octanol–water partition coefficient (Wildman–Crippen LogP) is 2.69. The summed E-state index contributed by atoms with van der Waals surface area (Å²) in [5.41, 5.74) is 2.85. The molecular weight excluding hydrogens is 348 g/mol. The van der Waals surface area contributed by atoms with Crippen LogP contribution in [0.15, 0.2) is 36.4 Å². The second kappa shape index (κ2) is 8.09. The zero-order chi connectivity index (χ0) is 19.4. The van der Waals surface area contributed by atoms with E-state index in [0.29, 0.717) is 35.6 Å². The van der Waals surface area contributed by atoms with E-state index in [1.807, 2.05) is 6.07 Å². The van der Waals surface area contributed by atoms with E-state index in [0.717, 1.165) is 11.1 Å². The molecule has 2 aromatic carbocycles. The first kappa shape index (κ1) is 18.7. The highest BCUT2D eigenvalue weighted by atomic mass is 16.5. The first-order valence-electron chi connectivity index (χ1n) is 8.62. The summed E-state index contributed by atoms with van der Waals surface area (Å²) >= 11 is 0. The lowest BCUT2D eigenvalue weighted by Crippen LogP contribution is -2.32. The molecule has 0 fully saturated rings. The molecule has 7 heteroatoms. The number of rotatable bonds is 6. The number of ether oxygens (including phenoxy) is 2. The summed E-state index contributed by atoms with van der Waals surface area (Å²) in [6, 6.07) is 9.88. The molecular formula is C20H22N2O5. The number of carbonyl (C=O) groups is 2. The van der Waals surface area contributed by atoms with Gasteiger partial charge in [-0.15, -0.1) is 0 Å². The van der Waals surface area contributed by atoms with Crippen LogP contribution in [0.25, 0.3) is 0 Å². The molecule has 2 aromatic rings. The Labute approximate surface area is 157 Å². The highest BCUT2D eigenvalue weighted by molar-refractivity contribution is 6.01. The molecule has 142 valence electrons. The smallest absolute Gasteiger partial charge is 0.319 e. The van der Waals surface area contributed by atoms with Crippen LogP contribution in [-0.4, -0.2) is 37.7 Å². The third-order valence-corrected chi connectivity index (χ3v) is 4.50. The summed E-state index contributed by atoms with van der Waals surface area (Å²) < 4.78 is 10.4. The fourth-order valence-electron chi connectivity index (χ4n) is 3.04. The topological polar surface area (TPSA) is 96.9 Å². The van der Waals surface area contributed by atoms with Gasteiger partial charge in [-0.2, -0.15) is 0 Å². The number of hydrogen-bond acceptors (Lipinski definition) is 5. The van der Waals surface area contributed by atoms with Gasteiger partial charge in [0, 0.05) is 30.3 Å². The van der Waals surface area contributed by atoms with Crippen LogP contribution >= 0.6 is 0 Å². The number of carbonyl (C=O) groups excluding carboxylic acids is 2. The predicted molar refractivity (Wildman–Crippen MR) is 101 cm³/mol. The minimum Gasteiger partial charge on any atom is -0.497 e. The minimum absolute atomic E-state index is 0.0194. The minimum atomic E-state index is -0.919. The third kappa shape index (κ3) is 4.38. The van der Waals surface area contributed by atoms with E-state index >= 15 is 0 Å². The maximum atomic E-state index is 12.1. The Kier molecular flexibility index (Phi) is 5.61. The van der Waals surface area contributed by atoms with Crippen LogP contribution in [0.4, 0.5) is 10.5 Å². The van der Waals surface area contributed by atoms with Crippen molar-refractivity contribution in [1.82, 2.24) is 5.32 Å². The standard InChI is InChI=1S/C20H22N2O5/c1-26-15-8-13(9-16(10-15)27-2)19(24)11-21-20(25)22-14-4-5-17-12(7-14)3-6-18(17)23/h4-5,7-10,19,24H,3,6,11H2,1-2H3,(H2,21,22,25). The van der Waals surface area contributed by atoms with Gasteiger partial charge in [0.05, 0.1) is 20.3 Å². The molecule has 7 nitrogen and oxygen atoms in total. The summed E-state index contributed by atoms with van der Waals surface area (Å²) in [5.74, 6) is 1.25. The van der Waals surface area contributed by atoms with E-state index in [1.54, 1.807) is 30.3 Å². The maximum absolute atomic E-state index is 12.1. The SMILES string of the molecule is COc1cc(OC)cc(C(O)CNC(=O)Nc2ccc3c(c2)CCC3=O)c1. The number of benzene rings is 2. The molecule has 0 aliphatic heterocycles. The van der Waals surface area contributed by atoms with Crippen LogP contribution in [0.1, 0.15) is 34.0 Å². The monoisotopic (exact) mass is 370 g/mol. The van der Waals surface area contributed by atoms with E-state index in [2.05, 4.69) is 10.6 Å². The summed E-state index contributed by atoms with van der Waals surface area (Å²) in [7, 11) is 3.06. The van der Waals surface area contributed by atoms with Crippen molar-refractivity contribution in [3.8, 4) is 11.5 Å². The zero-order valence-corrected chi connectivity index (χ0v) is 15.2. The number of nitrogens with one attached hydrogen (secondary N) is 2. The number of Topliss-reactive ketones (excluding diaryl/α,β-unsaturated/α-hetero) is 1. The third-order valence-electron chi connectivity index (χ3n) is 4.50. The van der Waals surface area contributed by atoms with Crippen LogP contribution in [0.5, 0.6) is 11.5 Å². The van der Waals surface area contributed by atoms with Gasteiger partial charge in [0.2, 0.25) is 0 Å². The van der Waals surface area contributed by atoms with E-state index < -0.39 is 12.1 Å². The lowest BCUT2D eigenvalue weighted by molar-refractivity contribution is 0.0994. The van der Waals surface area contributed by atoms with Crippen LogP contribution in [0, 0.1) is 0 Å². The van der Waals surface area contributed by atoms with E-state index in [1.165, 1.54) is 14.2 Å². The van der Waals surface area contributed by atoms with Crippen molar-refractivity contribution in [3.05, 3.63) is 53.1 Å². The van der Waals surface area contributed by atoms with Crippen molar-refractivity contribution < 1.29 is 24.2 Å². The number of aliphatic hydroxyl groups is 1. The number of amides is 2. The fraction of sp³-hybridized carbons (Fsp3) is 0.300. The number of urea groups is 1. The van der Waals surface area contributed by atoms with Crippen LogP contribution < -0.4 is 20.1 Å². The number of anilines is 1. The van der Waals surface area contributed by atoms with Crippen molar-refractivity contribution in [2.45, 2.75) is 18.9 Å². The highest BCUT2D eigenvalue weighted by Crippen LogP contribution is 2.27. The summed E-state index contributed by atoms with van der Waals surface area (Å²) in [5, 5.41) is 15.7. The molecule has 1 unspecified atom stereocenters. The van der Waals surface area contributed by atoms with E-state index in [9.17, 15) is 14.7 Å². The maximum Gasteiger partial charge on any atom is 0.319 e. The van der Waals surface area contributed by atoms with Crippen LogP contribution in [-0.2, 0) is 6.42 Å². The molecule has 3 rings (SSSR count). The summed E-state index contributed by atoms with van der Waals surface area (Å²) in [6.07, 6.45) is 0.292. The Morgan fingerprint density at radius 1 is 1.11 bits per heavy atom. The van der Waals surface area contributed by atoms with Crippen molar-refractivity contribution in [2.75, 3.05) is 26.1 Å². The largest absolute Gasteiger partial charge is 0.497 e. The van der Waals surface area contributed by atoms with E-state index in [4.69, 9.17) is 9.47 Å². The molecule has 0 saturated carbocycles. The van der Waals surface area contributed by atoms with Crippen LogP contribution in [0.2, 0.25) is 0 Å². The molecule has 0 aromatic heterocycles. The van der Waals surface area contributed by atoms with E-state index in [-0.39, 0.29) is 12.3 Å². The average Bonchev–Trinajstić information content (AvgIpc) is 3.05. The first-order valence-corrected chi connectivity index (χ1v) is 8.62. The Bertz CT molecular complexity index is 843. The molecule has 1 aliphatic carbocycles. The van der Waals surface area contributed by atoms with Crippen molar-refractivity contribution in [2.24, 2.45) is 0 Å². The number of methoxy groups -OCH3 is 2. The van der Waals surface area contributed by atoms with Crippen LogP contribution in [0.3, 0.4) is 0 Å². The molecule has 0 spiro atoms. The Balaban J connectivity index is 1.58. The second-order valence-electron chi connectivity index (χ2n) is 6.29. The first-order chi connectivity index (χ1) is 13.0. The average molecular weight is 370 g/mol. The van der Waals surface area contributed by atoms with Crippen molar-refractivity contribution in [1.29, 1.82) is 0 Å². The van der Waals surface area contributed by atoms with Crippen molar-refractivity contribution in [3.63, 3.8) is 0 Å². The molecule has 27 heavy (non-hydrogen) atoms. The van der Waals surface area contributed by atoms with Gasteiger partial charge in [-0.25, -0.2) is 4.79 Å². The molecule has 1 atom stereocenters. The number of aryl methyl sites for hydroxylation is 1. The van der Waals surface area contributed by atoms with Gasteiger partial charge in [0.15, 0.2) is 5.78 Å². The molecule has 2 amide bonds. The Hall–Kier alpha value is -3.06. The van der Waals surface area contributed by atoms with Gasteiger partial charge >= 0.3 is 6.03 Å². The lowest BCUT2D eigenvalue weighted by atomic mass is 10.1. The zero-order valence-electron chi connectivity index (χ0n) is 15.2. The summed E-state index contributed by atoms with van der Waals surface area (Å²) in [6.45, 7) is 0.0194. The van der Waals surface area contributed by atoms with Gasteiger partial charge in [0.25, 0.3) is 0 Å². The molecule has 0 radical (unpaired) electrons. The van der Waals surface area contributed by atoms with Gasteiger partial charge in [-0.05, 0) is 47.9 Å². The number of aliphatic hydroxyl groups excluding tert-OH is 1.